The molecule has 0 aromatic heterocycles. The summed E-state index contributed by atoms with van der Waals surface area (Å²) < 4.78 is 38.9. The maximum atomic E-state index is 12.7. The first-order valence-electron chi connectivity index (χ1n) is 6.26. The third-order valence-corrected chi connectivity index (χ3v) is 4.18. The van der Waals surface area contributed by atoms with Gasteiger partial charge in [-0.25, -0.2) is 0 Å². The highest BCUT2D eigenvalue weighted by Gasteiger charge is 2.34. The van der Waals surface area contributed by atoms with Crippen LogP contribution >= 0.6 is 0 Å². The van der Waals surface area contributed by atoms with Gasteiger partial charge in [-0.05, 0) is 12.1 Å². The van der Waals surface area contributed by atoms with Crippen LogP contribution < -0.4 is 9.64 Å². The summed E-state index contributed by atoms with van der Waals surface area (Å²) in [7, 11) is -3.39. The van der Waals surface area contributed by atoms with Gasteiger partial charge in [0.25, 0.3) is 0 Å². The summed E-state index contributed by atoms with van der Waals surface area (Å²) >= 11 is 0. The Bertz CT molecular complexity index is 720. The molecule has 1 aliphatic heterocycles. The second-order valence-electron chi connectivity index (χ2n) is 4.89. The monoisotopic (exact) mass is 332 g/mol. The number of carbonyl (C=O) groups is 1. The standard InChI is InChI=1S/C12H13FN2O6S/c1-21-11-3-2-9(5-10(11)15(17)18)14-6-8(4-12(14)16)7-22(13,19)20/h2-3,5,8H,4,6-7H2,1H3. The van der Waals surface area contributed by atoms with Crippen LogP contribution in [0.3, 0.4) is 0 Å². The van der Waals surface area contributed by atoms with Crippen LogP contribution in [-0.4, -0.2) is 38.7 Å². The molecule has 1 unspecified atom stereocenters. The molecule has 1 amide bonds. The number of amides is 1. The number of halogens is 1. The Hall–Kier alpha value is -2.23. The lowest BCUT2D eigenvalue weighted by molar-refractivity contribution is -0.385. The highest BCUT2D eigenvalue weighted by molar-refractivity contribution is 7.86. The lowest BCUT2D eigenvalue weighted by Gasteiger charge is -2.16. The van der Waals surface area contributed by atoms with Gasteiger partial charge in [-0.2, -0.15) is 8.42 Å². The Morgan fingerprint density at radius 3 is 2.73 bits per heavy atom. The maximum Gasteiger partial charge on any atom is 0.312 e. The number of nitrogens with zero attached hydrogens (tertiary/aromatic N) is 2. The van der Waals surface area contributed by atoms with Crippen LogP contribution in [0.25, 0.3) is 0 Å². The first-order valence-corrected chi connectivity index (χ1v) is 7.81. The molecule has 1 atom stereocenters. The molecule has 120 valence electrons. The van der Waals surface area contributed by atoms with Crippen LogP contribution in [-0.2, 0) is 15.0 Å². The summed E-state index contributed by atoms with van der Waals surface area (Å²) in [4.78, 5) is 23.5. The molecule has 2 rings (SSSR count). The van der Waals surface area contributed by atoms with E-state index in [9.17, 15) is 27.2 Å². The van der Waals surface area contributed by atoms with E-state index in [0.29, 0.717) is 0 Å². The number of rotatable bonds is 5. The molecule has 22 heavy (non-hydrogen) atoms. The van der Waals surface area contributed by atoms with Crippen molar-refractivity contribution in [2.45, 2.75) is 6.42 Å². The summed E-state index contributed by atoms with van der Waals surface area (Å²) in [5, 5.41) is 11.0. The largest absolute Gasteiger partial charge is 0.490 e. The van der Waals surface area contributed by atoms with Gasteiger partial charge in [0.15, 0.2) is 5.75 Å². The zero-order valence-electron chi connectivity index (χ0n) is 11.6. The molecule has 1 aromatic rings. The molecule has 1 aliphatic rings. The molecule has 1 saturated heterocycles. The zero-order valence-corrected chi connectivity index (χ0v) is 12.4. The fraction of sp³-hybridized carbons (Fsp3) is 0.417. The number of anilines is 1. The molecule has 10 heteroatoms. The Morgan fingerprint density at radius 1 is 1.50 bits per heavy atom. The van der Waals surface area contributed by atoms with Crippen LogP contribution in [0.5, 0.6) is 5.75 Å². The van der Waals surface area contributed by atoms with E-state index >= 15 is 0 Å². The lowest BCUT2D eigenvalue weighted by Crippen LogP contribution is -2.25. The molecule has 0 radical (unpaired) electrons. The van der Waals surface area contributed by atoms with E-state index in [-0.39, 0.29) is 30.1 Å². The predicted molar refractivity (Wildman–Crippen MR) is 75.0 cm³/mol. The van der Waals surface area contributed by atoms with E-state index in [4.69, 9.17) is 4.74 Å². The van der Waals surface area contributed by atoms with Gasteiger partial charge in [-0.1, -0.05) is 0 Å². The van der Waals surface area contributed by atoms with Crippen LogP contribution in [0.4, 0.5) is 15.3 Å². The molecule has 0 spiro atoms. The minimum absolute atomic E-state index is 0.00847. The summed E-state index contributed by atoms with van der Waals surface area (Å²) in [5.41, 5.74) is -0.0642. The summed E-state index contributed by atoms with van der Waals surface area (Å²) in [6, 6.07) is 3.97. The number of ether oxygens (including phenoxy) is 1. The predicted octanol–water partition coefficient (Wildman–Crippen LogP) is 1.26. The van der Waals surface area contributed by atoms with E-state index in [1.54, 1.807) is 0 Å². The Labute approximate surface area is 125 Å². The third-order valence-electron chi connectivity index (χ3n) is 3.31. The van der Waals surface area contributed by atoms with Gasteiger partial charge in [0.2, 0.25) is 5.91 Å². The zero-order chi connectivity index (χ0) is 16.5. The number of nitro benzene ring substituents is 1. The van der Waals surface area contributed by atoms with Gasteiger partial charge in [0, 0.05) is 24.9 Å². The molecule has 1 fully saturated rings. The van der Waals surface area contributed by atoms with E-state index in [1.807, 2.05) is 0 Å². The van der Waals surface area contributed by atoms with E-state index < -0.39 is 32.7 Å². The van der Waals surface area contributed by atoms with Gasteiger partial charge < -0.3 is 9.64 Å². The van der Waals surface area contributed by atoms with E-state index in [1.165, 1.54) is 30.2 Å². The number of hydrogen-bond acceptors (Lipinski definition) is 6. The highest BCUT2D eigenvalue weighted by Crippen LogP contribution is 2.34. The topological polar surface area (TPSA) is 107 Å². The Kier molecular flexibility index (Phi) is 4.31. The van der Waals surface area contributed by atoms with Crippen molar-refractivity contribution >= 4 is 27.5 Å². The molecule has 0 N–H and O–H groups in total. The number of carbonyl (C=O) groups excluding carboxylic acids is 1. The lowest BCUT2D eigenvalue weighted by atomic mass is 10.1. The van der Waals surface area contributed by atoms with Crippen molar-refractivity contribution in [2.75, 3.05) is 24.3 Å². The highest BCUT2D eigenvalue weighted by atomic mass is 32.3. The van der Waals surface area contributed by atoms with Crippen molar-refractivity contribution in [3.05, 3.63) is 28.3 Å². The molecule has 1 heterocycles. The molecule has 8 nitrogen and oxygen atoms in total. The van der Waals surface area contributed by atoms with Crippen molar-refractivity contribution in [2.24, 2.45) is 5.92 Å². The van der Waals surface area contributed by atoms with E-state index in [2.05, 4.69) is 0 Å². The third kappa shape index (κ3) is 3.50. The molecule has 0 aliphatic carbocycles. The molecular weight excluding hydrogens is 319 g/mol. The fourth-order valence-corrected chi connectivity index (χ4v) is 3.20. The number of nitro groups is 1. The second-order valence-corrected chi connectivity index (χ2v) is 6.30. The maximum absolute atomic E-state index is 12.7. The van der Waals surface area contributed by atoms with Crippen molar-refractivity contribution in [1.29, 1.82) is 0 Å². The van der Waals surface area contributed by atoms with Gasteiger partial charge >= 0.3 is 15.9 Å². The SMILES string of the molecule is COc1ccc(N2CC(CS(=O)(=O)F)CC2=O)cc1[N+](=O)[O-]. The number of methoxy groups -OCH3 is 1. The van der Waals surface area contributed by atoms with Crippen LogP contribution in [0.15, 0.2) is 18.2 Å². The fourth-order valence-electron chi connectivity index (χ4n) is 2.41. The summed E-state index contributed by atoms with van der Waals surface area (Å²) in [6.45, 7) is -0.00847. The average Bonchev–Trinajstić information content (AvgIpc) is 2.76. The number of benzene rings is 1. The summed E-state index contributed by atoms with van der Waals surface area (Å²) in [6.07, 6.45) is -0.122. The van der Waals surface area contributed by atoms with Crippen molar-refractivity contribution in [3.63, 3.8) is 0 Å². The first kappa shape index (κ1) is 16.1. The molecule has 1 aromatic carbocycles. The molecule has 0 bridgehead atoms. The molecular formula is C12H13FN2O6S. The second kappa shape index (κ2) is 5.87. The van der Waals surface area contributed by atoms with E-state index in [0.717, 1.165) is 0 Å². The quantitative estimate of drug-likeness (QED) is 0.456. The van der Waals surface area contributed by atoms with Crippen molar-refractivity contribution < 1.29 is 26.8 Å². The number of hydrogen-bond donors (Lipinski definition) is 0. The van der Waals surface area contributed by atoms with Crippen LogP contribution in [0.2, 0.25) is 0 Å². The van der Waals surface area contributed by atoms with Gasteiger partial charge in [-0.3, -0.25) is 14.9 Å². The van der Waals surface area contributed by atoms with Crippen LogP contribution in [0, 0.1) is 16.0 Å². The minimum atomic E-state index is -4.68. The normalized spacial score (nSPS) is 18.5. The summed E-state index contributed by atoms with van der Waals surface area (Å²) in [5.74, 6) is -1.78. The van der Waals surface area contributed by atoms with Crippen molar-refractivity contribution in [3.8, 4) is 5.75 Å². The van der Waals surface area contributed by atoms with Gasteiger partial charge in [-0.15, -0.1) is 3.89 Å². The smallest absolute Gasteiger partial charge is 0.312 e. The van der Waals surface area contributed by atoms with Gasteiger partial charge in [0.05, 0.1) is 23.5 Å². The minimum Gasteiger partial charge on any atom is -0.490 e. The van der Waals surface area contributed by atoms with Crippen molar-refractivity contribution in [1.82, 2.24) is 0 Å². The molecule has 0 saturated carbocycles. The Balaban J connectivity index is 2.27. The van der Waals surface area contributed by atoms with Crippen LogP contribution in [0.1, 0.15) is 6.42 Å². The first-order chi connectivity index (χ1) is 10.2. The average molecular weight is 332 g/mol. The van der Waals surface area contributed by atoms with Gasteiger partial charge in [0.1, 0.15) is 0 Å². The Morgan fingerprint density at radius 2 is 2.18 bits per heavy atom.